The minimum absolute atomic E-state index is 0.369. The van der Waals surface area contributed by atoms with Crippen molar-refractivity contribution >= 4 is 0 Å². The van der Waals surface area contributed by atoms with Crippen molar-refractivity contribution in [3.05, 3.63) is 0 Å². The molecule has 14 heavy (non-hydrogen) atoms. The highest BCUT2D eigenvalue weighted by Crippen LogP contribution is 2.41. The molecule has 1 saturated carbocycles. The van der Waals surface area contributed by atoms with Crippen LogP contribution >= 0.6 is 0 Å². The Morgan fingerprint density at radius 3 is 2.07 bits per heavy atom. The Bertz CT molecular complexity index is 188. The highest BCUT2D eigenvalue weighted by molar-refractivity contribution is 5.06. The molecule has 2 fully saturated rings. The number of hydrogen-bond acceptors (Lipinski definition) is 2. The van der Waals surface area contributed by atoms with Crippen LogP contribution in [0.25, 0.3) is 0 Å². The van der Waals surface area contributed by atoms with E-state index in [0.717, 1.165) is 19.0 Å². The standard InChI is InChI=1S/C12H24N2/c1-4-12(5-2)9-13-11(3,8-14-12)10-6-7-10/h10,13-14H,4-9H2,1-3H3. The van der Waals surface area contributed by atoms with Crippen LogP contribution in [0.15, 0.2) is 0 Å². The second kappa shape index (κ2) is 3.49. The lowest BCUT2D eigenvalue weighted by atomic mass is 9.84. The van der Waals surface area contributed by atoms with Gasteiger partial charge in [-0.15, -0.1) is 0 Å². The zero-order valence-corrected chi connectivity index (χ0v) is 9.82. The number of nitrogens with one attached hydrogen (secondary N) is 2. The van der Waals surface area contributed by atoms with Crippen LogP contribution in [0.2, 0.25) is 0 Å². The fourth-order valence-electron chi connectivity index (χ4n) is 2.63. The van der Waals surface area contributed by atoms with E-state index in [4.69, 9.17) is 0 Å². The van der Waals surface area contributed by atoms with E-state index in [9.17, 15) is 0 Å². The van der Waals surface area contributed by atoms with Gasteiger partial charge in [-0.1, -0.05) is 13.8 Å². The van der Waals surface area contributed by atoms with Gasteiger partial charge in [-0.2, -0.15) is 0 Å². The van der Waals surface area contributed by atoms with E-state index < -0.39 is 0 Å². The number of rotatable bonds is 3. The van der Waals surface area contributed by atoms with Crippen molar-refractivity contribution in [2.45, 2.75) is 57.5 Å². The fourth-order valence-corrected chi connectivity index (χ4v) is 2.63. The topological polar surface area (TPSA) is 24.1 Å². The summed E-state index contributed by atoms with van der Waals surface area (Å²) in [7, 11) is 0. The first-order valence-corrected chi connectivity index (χ1v) is 6.14. The Hall–Kier alpha value is -0.0800. The average molecular weight is 196 g/mol. The van der Waals surface area contributed by atoms with Crippen LogP contribution in [0.5, 0.6) is 0 Å². The van der Waals surface area contributed by atoms with Crippen molar-refractivity contribution in [3.63, 3.8) is 0 Å². The molecule has 0 aromatic carbocycles. The lowest BCUT2D eigenvalue weighted by Gasteiger charge is -2.47. The molecule has 2 rings (SSSR count). The van der Waals surface area contributed by atoms with Crippen LogP contribution in [0, 0.1) is 5.92 Å². The lowest BCUT2D eigenvalue weighted by Crippen LogP contribution is -2.68. The van der Waals surface area contributed by atoms with Gasteiger partial charge in [-0.3, -0.25) is 0 Å². The molecule has 1 atom stereocenters. The Labute approximate surface area is 87.8 Å². The van der Waals surface area contributed by atoms with Gasteiger partial charge in [0.05, 0.1) is 0 Å². The highest BCUT2D eigenvalue weighted by atomic mass is 15.2. The largest absolute Gasteiger partial charge is 0.308 e. The summed E-state index contributed by atoms with van der Waals surface area (Å²) in [5.41, 5.74) is 0.752. The Kier molecular flexibility index (Phi) is 2.61. The maximum absolute atomic E-state index is 3.79. The van der Waals surface area contributed by atoms with Gasteiger partial charge in [-0.05, 0) is 38.5 Å². The molecule has 0 spiro atoms. The van der Waals surface area contributed by atoms with Gasteiger partial charge in [0.25, 0.3) is 0 Å². The first-order valence-electron chi connectivity index (χ1n) is 6.14. The lowest BCUT2D eigenvalue weighted by molar-refractivity contribution is 0.151. The predicted octanol–water partition coefficient (Wildman–Crippen LogP) is 1.91. The zero-order chi connectivity index (χ0) is 10.2. The van der Waals surface area contributed by atoms with Crippen LogP contribution in [-0.4, -0.2) is 24.2 Å². The molecule has 0 amide bonds. The van der Waals surface area contributed by atoms with E-state index in [1.807, 2.05) is 0 Å². The maximum Gasteiger partial charge on any atom is 0.0307 e. The van der Waals surface area contributed by atoms with Crippen molar-refractivity contribution in [1.29, 1.82) is 0 Å². The van der Waals surface area contributed by atoms with Gasteiger partial charge >= 0.3 is 0 Å². The molecule has 2 aliphatic rings. The molecule has 1 aliphatic carbocycles. The van der Waals surface area contributed by atoms with E-state index in [1.54, 1.807) is 0 Å². The maximum atomic E-state index is 3.79. The molecule has 0 radical (unpaired) electrons. The summed E-state index contributed by atoms with van der Waals surface area (Å²) in [5, 5.41) is 7.57. The quantitative estimate of drug-likeness (QED) is 0.720. The Morgan fingerprint density at radius 1 is 1.07 bits per heavy atom. The summed E-state index contributed by atoms with van der Waals surface area (Å²) < 4.78 is 0. The van der Waals surface area contributed by atoms with Gasteiger partial charge in [0.15, 0.2) is 0 Å². The third kappa shape index (κ3) is 1.70. The van der Waals surface area contributed by atoms with Crippen molar-refractivity contribution in [3.8, 4) is 0 Å². The minimum atomic E-state index is 0.369. The molecular formula is C12H24N2. The Balaban J connectivity index is 1.96. The average Bonchev–Trinajstić information content (AvgIpc) is 3.04. The monoisotopic (exact) mass is 196 g/mol. The number of hydrogen-bond donors (Lipinski definition) is 2. The van der Waals surface area contributed by atoms with Crippen LogP contribution in [0.3, 0.4) is 0 Å². The van der Waals surface area contributed by atoms with Crippen LogP contribution < -0.4 is 10.6 Å². The van der Waals surface area contributed by atoms with E-state index in [-0.39, 0.29) is 0 Å². The minimum Gasteiger partial charge on any atom is -0.308 e. The number of piperazine rings is 1. The van der Waals surface area contributed by atoms with E-state index in [2.05, 4.69) is 31.4 Å². The van der Waals surface area contributed by atoms with Crippen LogP contribution in [-0.2, 0) is 0 Å². The van der Waals surface area contributed by atoms with Crippen LogP contribution in [0.1, 0.15) is 46.5 Å². The molecule has 1 heterocycles. The fraction of sp³-hybridized carbons (Fsp3) is 1.00. The summed E-state index contributed by atoms with van der Waals surface area (Å²) in [6, 6.07) is 0. The third-order valence-electron chi connectivity index (χ3n) is 4.49. The molecule has 0 aromatic rings. The molecular weight excluding hydrogens is 172 g/mol. The van der Waals surface area contributed by atoms with Crippen molar-refractivity contribution in [1.82, 2.24) is 10.6 Å². The van der Waals surface area contributed by atoms with Crippen molar-refractivity contribution in [2.24, 2.45) is 5.92 Å². The van der Waals surface area contributed by atoms with E-state index >= 15 is 0 Å². The summed E-state index contributed by atoms with van der Waals surface area (Å²) in [5.74, 6) is 0.932. The molecule has 1 aliphatic heterocycles. The van der Waals surface area contributed by atoms with Gasteiger partial charge in [-0.25, -0.2) is 0 Å². The summed E-state index contributed by atoms with van der Waals surface area (Å²) in [6.07, 6.45) is 5.32. The highest BCUT2D eigenvalue weighted by Gasteiger charge is 2.46. The van der Waals surface area contributed by atoms with Crippen LogP contribution in [0.4, 0.5) is 0 Å². The van der Waals surface area contributed by atoms with Crippen molar-refractivity contribution in [2.75, 3.05) is 13.1 Å². The Morgan fingerprint density at radius 2 is 1.71 bits per heavy atom. The molecule has 2 heteroatoms. The first-order chi connectivity index (χ1) is 6.64. The molecule has 1 unspecified atom stereocenters. The SMILES string of the molecule is CCC1(CC)CNC(C)(C2CC2)CN1. The molecule has 2 nitrogen and oxygen atoms in total. The third-order valence-corrected chi connectivity index (χ3v) is 4.49. The second-order valence-corrected chi connectivity index (χ2v) is 5.39. The summed E-state index contributed by atoms with van der Waals surface area (Å²) >= 11 is 0. The molecule has 0 aromatic heterocycles. The van der Waals surface area contributed by atoms with Gasteiger partial charge in [0.2, 0.25) is 0 Å². The van der Waals surface area contributed by atoms with E-state index in [1.165, 1.54) is 25.7 Å². The molecule has 0 bridgehead atoms. The van der Waals surface area contributed by atoms with Gasteiger partial charge in [0.1, 0.15) is 0 Å². The molecule has 1 saturated heterocycles. The smallest absolute Gasteiger partial charge is 0.0307 e. The van der Waals surface area contributed by atoms with E-state index in [0.29, 0.717) is 11.1 Å². The normalized spacial score (nSPS) is 37.1. The predicted molar refractivity (Wildman–Crippen MR) is 60.4 cm³/mol. The second-order valence-electron chi connectivity index (χ2n) is 5.39. The zero-order valence-electron chi connectivity index (χ0n) is 9.82. The summed E-state index contributed by atoms with van der Waals surface area (Å²) in [6.45, 7) is 9.26. The summed E-state index contributed by atoms with van der Waals surface area (Å²) in [4.78, 5) is 0. The first kappa shape index (κ1) is 10.4. The van der Waals surface area contributed by atoms with Gasteiger partial charge < -0.3 is 10.6 Å². The van der Waals surface area contributed by atoms with Crippen molar-refractivity contribution < 1.29 is 0 Å². The molecule has 2 N–H and O–H groups in total. The van der Waals surface area contributed by atoms with Gasteiger partial charge in [0, 0.05) is 24.2 Å². The molecule has 82 valence electrons.